The minimum absolute atomic E-state index is 0.0479. The summed E-state index contributed by atoms with van der Waals surface area (Å²) in [6, 6.07) is 5.03. The fraction of sp³-hybridized carbons (Fsp3) is 0.462. The van der Waals surface area contributed by atoms with Gasteiger partial charge < -0.3 is 11.1 Å². The average Bonchev–Trinajstić information content (AvgIpc) is 2.86. The van der Waals surface area contributed by atoms with Crippen molar-refractivity contribution < 1.29 is 9.63 Å². The maximum absolute atomic E-state index is 11.8. The number of amides is 1. The topological polar surface area (TPSA) is 67.6 Å². The smallest absolute Gasteiger partial charge is 0.224 e. The first-order chi connectivity index (χ1) is 9.15. The predicted molar refractivity (Wildman–Crippen MR) is 75.9 cm³/mol. The number of nitrogen functional groups attached to an aromatic ring is 1. The molecule has 1 heterocycles. The SMILES string of the molecule is Nc1cc(Cl)ccc1NC(=O)CCCN1CCCO1. The number of halogens is 1. The maximum atomic E-state index is 11.8. The molecule has 0 atom stereocenters. The molecule has 104 valence electrons. The van der Waals surface area contributed by atoms with Gasteiger partial charge in [0.2, 0.25) is 5.91 Å². The summed E-state index contributed by atoms with van der Waals surface area (Å²) in [5, 5.41) is 5.24. The van der Waals surface area contributed by atoms with E-state index in [0.717, 1.165) is 32.5 Å². The van der Waals surface area contributed by atoms with Gasteiger partial charge in [-0.3, -0.25) is 9.63 Å². The molecule has 1 aliphatic rings. The van der Waals surface area contributed by atoms with Crippen LogP contribution < -0.4 is 11.1 Å². The van der Waals surface area contributed by atoms with E-state index in [1.165, 1.54) is 0 Å². The number of anilines is 2. The van der Waals surface area contributed by atoms with Gasteiger partial charge in [0, 0.05) is 24.5 Å². The molecule has 0 radical (unpaired) electrons. The molecule has 0 aromatic heterocycles. The van der Waals surface area contributed by atoms with Gasteiger partial charge in [-0.1, -0.05) is 11.6 Å². The summed E-state index contributed by atoms with van der Waals surface area (Å²) in [7, 11) is 0. The zero-order valence-corrected chi connectivity index (χ0v) is 11.4. The fourth-order valence-electron chi connectivity index (χ4n) is 1.95. The monoisotopic (exact) mass is 283 g/mol. The molecule has 1 fully saturated rings. The molecule has 5 nitrogen and oxygen atoms in total. The molecule has 1 amide bonds. The van der Waals surface area contributed by atoms with E-state index in [1.807, 2.05) is 5.06 Å². The van der Waals surface area contributed by atoms with Gasteiger partial charge in [0.25, 0.3) is 0 Å². The van der Waals surface area contributed by atoms with Gasteiger partial charge in [-0.2, -0.15) is 5.06 Å². The molecule has 1 aliphatic heterocycles. The minimum atomic E-state index is -0.0479. The first-order valence-corrected chi connectivity index (χ1v) is 6.76. The zero-order chi connectivity index (χ0) is 13.7. The van der Waals surface area contributed by atoms with Crippen LogP contribution in [0, 0.1) is 0 Å². The van der Waals surface area contributed by atoms with E-state index in [9.17, 15) is 4.79 Å². The molecular weight excluding hydrogens is 266 g/mol. The van der Waals surface area contributed by atoms with Gasteiger partial charge in [0.05, 0.1) is 18.0 Å². The van der Waals surface area contributed by atoms with Crippen molar-refractivity contribution >= 4 is 28.9 Å². The quantitative estimate of drug-likeness (QED) is 0.814. The molecule has 2 rings (SSSR count). The summed E-state index contributed by atoms with van der Waals surface area (Å²) in [6.07, 6.45) is 2.27. The Morgan fingerprint density at radius 3 is 3.05 bits per heavy atom. The van der Waals surface area contributed by atoms with Crippen molar-refractivity contribution in [2.24, 2.45) is 0 Å². The standard InChI is InChI=1S/C13H18ClN3O2/c14-10-4-5-12(11(15)9-10)16-13(18)3-1-6-17-7-2-8-19-17/h4-5,9H,1-3,6-8,15H2,(H,16,18). The largest absolute Gasteiger partial charge is 0.397 e. The molecule has 1 aromatic carbocycles. The Kier molecular flexibility index (Phi) is 5.01. The number of nitrogens with two attached hydrogens (primary N) is 1. The number of nitrogens with zero attached hydrogens (tertiary/aromatic N) is 1. The van der Waals surface area contributed by atoms with E-state index >= 15 is 0 Å². The lowest BCUT2D eigenvalue weighted by atomic mass is 10.2. The van der Waals surface area contributed by atoms with E-state index in [1.54, 1.807) is 18.2 Å². The van der Waals surface area contributed by atoms with Crippen LogP contribution in [-0.2, 0) is 9.63 Å². The van der Waals surface area contributed by atoms with Gasteiger partial charge in [-0.05, 0) is 31.0 Å². The van der Waals surface area contributed by atoms with Crippen LogP contribution in [0.25, 0.3) is 0 Å². The number of nitrogens with one attached hydrogen (secondary N) is 1. The van der Waals surface area contributed by atoms with E-state index < -0.39 is 0 Å². The van der Waals surface area contributed by atoms with Gasteiger partial charge in [-0.15, -0.1) is 0 Å². The van der Waals surface area contributed by atoms with Crippen molar-refractivity contribution in [1.82, 2.24) is 5.06 Å². The van der Waals surface area contributed by atoms with Crippen LogP contribution in [0.4, 0.5) is 11.4 Å². The first kappa shape index (κ1) is 14.1. The molecule has 0 aliphatic carbocycles. The lowest BCUT2D eigenvalue weighted by Crippen LogP contribution is -2.21. The van der Waals surface area contributed by atoms with Crippen molar-refractivity contribution in [3.05, 3.63) is 23.2 Å². The third-order valence-electron chi connectivity index (χ3n) is 2.92. The Morgan fingerprint density at radius 1 is 1.53 bits per heavy atom. The number of hydrogen-bond acceptors (Lipinski definition) is 4. The van der Waals surface area contributed by atoms with Crippen molar-refractivity contribution in [2.45, 2.75) is 19.3 Å². The summed E-state index contributed by atoms with van der Waals surface area (Å²) >= 11 is 5.80. The average molecular weight is 284 g/mol. The van der Waals surface area contributed by atoms with E-state index in [0.29, 0.717) is 22.8 Å². The Labute approximate surface area is 117 Å². The number of hydrogen-bond donors (Lipinski definition) is 2. The Hall–Kier alpha value is -1.30. The number of rotatable bonds is 5. The molecule has 3 N–H and O–H groups in total. The van der Waals surface area contributed by atoms with Gasteiger partial charge >= 0.3 is 0 Å². The lowest BCUT2D eigenvalue weighted by molar-refractivity contribution is -0.120. The van der Waals surface area contributed by atoms with E-state index in [-0.39, 0.29) is 5.91 Å². The normalized spacial score (nSPS) is 15.6. The lowest BCUT2D eigenvalue weighted by Gasteiger charge is -2.13. The maximum Gasteiger partial charge on any atom is 0.224 e. The highest BCUT2D eigenvalue weighted by molar-refractivity contribution is 6.31. The summed E-state index contributed by atoms with van der Waals surface area (Å²) in [5.74, 6) is -0.0479. The third-order valence-corrected chi connectivity index (χ3v) is 3.16. The number of benzene rings is 1. The zero-order valence-electron chi connectivity index (χ0n) is 10.7. The Morgan fingerprint density at radius 2 is 2.37 bits per heavy atom. The summed E-state index contributed by atoms with van der Waals surface area (Å²) in [4.78, 5) is 17.1. The van der Waals surface area contributed by atoms with Crippen LogP contribution >= 0.6 is 11.6 Å². The molecule has 19 heavy (non-hydrogen) atoms. The predicted octanol–water partition coefficient (Wildman–Crippen LogP) is 2.28. The van der Waals surface area contributed by atoms with Crippen molar-refractivity contribution in [2.75, 3.05) is 30.7 Å². The number of carbonyl (C=O) groups is 1. The van der Waals surface area contributed by atoms with Gasteiger partial charge in [0.1, 0.15) is 0 Å². The summed E-state index contributed by atoms with van der Waals surface area (Å²) in [5.41, 5.74) is 6.85. The molecule has 1 saturated heterocycles. The first-order valence-electron chi connectivity index (χ1n) is 6.38. The summed E-state index contributed by atoms with van der Waals surface area (Å²) < 4.78 is 0. The molecule has 6 heteroatoms. The molecule has 0 unspecified atom stereocenters. The van der Waals surface area contributed by atoms with Crippen LogP contribution in [0.15, 0.2) is 18.2 Å². The van der Waals surface area contributed by atoms with Crippen LogP contribution in [0.3, 0.4) is 0 Å². The third kappa shape index (κ3) is 4.38. The van der Waals surface area contributed by atoms with E-state index in [4.69, 9.17) is 22.2 Å². The van der Waals surface area contributed by atoms with Crippen molar-refractivity contribution in [1.29, 1.82) is 0 Å². The molecule has 0 saturated carbocycles. The van der Waals surface area contributed by atoms with Gasteiger partial charge in [-0.25, -0.2) is 0 Å². The Balaban J connectivity index is 1.74. The Bertz CT molecular complexity index is 448. The summed E-state index contributed by atoms with van der Waals surface area (Å²) in [6.45, 7) is 2.52. The van der Waals surface area contributed by atoms with Crippen LogP contribution in [-0.4, -0.2) is 30.7 Å². The van der Waals surface area contributed by atoms with Gasteiger partial charge in [0.15, 0.2) is 0 Å². The second-order valence-corrected chi connectivity index (χ2v) is 4.94. The van der Waals surface area contributed by atoms with E-state index in [2.05, 4.69) is 5.32 Å². The number of carbonyl (C=O) groups excluding carboxylic acids is 1. The fourth-order valence-corrected chi connectivity index (χ4v) is 2.13. The molecular formula is C13H18ClN3O2. The minimum Gasteiger partial charge on any atom is -0.397 e. The van der Waals surface area contributed by atoms with Crippen molar-refractivity contribution in [3.8, 4) is 0 Å². The molecule has 0 bridgehead atoms. The second kappa shape index (κ2) is 6.75. The molecule has 0 spiro atoms. The highest BCUT2D eigenvalue weighted by Crippen LogP contribution is 2.22. The van der Waals surface area contributed by atoms with Crippen LogP contribution in [0.1, 0.15) is 19.3 Å². The molecule has 1 aromatic rings. The van der Waals surface area contributed by atoms with Crippen LogP contribution in [0.2, 0.25) is 5.02 Å². The number of hydroxylamine groups is 2. The van der Waals surface area contributed by atoms with Crippen LogP contribution in [0.5, 0.6) is 0 Å². The highest BCUT2D eigenvalue weighted by Gasteiger charge is 2.12. The highest BCUT2D eigenvalue weighted by atomic mass is 35.5. The second-order valence-electron chi connectivity index (χ2n) is 4.50. The van der Waals surface area contributed by atoms with Crippen molar-refractivity contribution in [3.63, 3.8) is 0 Å².